The van der Waals surface area contributed by atoms with Crippen molar-refractivity contribution in [3.05, 3.63) is 21.5 Å². The standard InChI is InChI=1S/C12H16BrN3S/c1-7(2)8(3)6-16-11-10(15-12(16)17)4-9(13)5-14-11/h4-5,7-8H,6H2,1-3H3,(H,15,17). The lowest BCUT2D eigenvalue weighted by molar-refractivity contribution is 0.366. The highest BCUT2D eigenvalue weighted by Gasteiger charge is 2.12. The lowest BCUT2D eigenvalue weighted by Gasteiger charge is -2.16. The third kappa shape index (κ3) is 2.60. The molecule has 17 heavy (non-hydrogen) atoms. The first-order valence-electron chi connectivity index (χ1n) is 5.73. The van der Waals surface area contributed by atoms with Gasteiger partial charge in [-0.3, -0.25) is 0 Å². The van der Waals surface area contributed by atoms with Crippen molar-refractivity contribution in [3.63, 3.8) is 0 Å². The molecule has 2 rings (SSSR count). The van der Waals surface area contributed by atoms with Crippen LogP contribution in [0.5, 0.6) is 0 Å². The van der Waals surface area contributed by atoms with Crippen molar-refractivity contribution in [1.82, 2.24) is 14.5 Å². The molecule has 2 aromatic heterocycles. The summed E-state index contributed by atoms with van der Waals surface area (Å²) >= 11 is 8.77. The zero-order chi connectivity index (χ0) is 12.6. The van der Waals surface area contributed by atoms with Gasteiger partial charge in [0.15, 0.2) is 10.4 Å². The predicted octanol–water partition coefficient (Wildman–Crippen LogP) is 4.15. The fourth-order valence-corrected chi connectivity index (χ4v) is 2.29. The highest BCUT2D eigenvalue weighted by molar-refractivity contribution is 9.10. The van der Waals surface area contributed by atoms with Crippen LogP contribution >= 0.6 is 28.1 Å². The summed E-state index contributed by atoms with van der Waals surface area (Å²) in [6.07, 6.45) is 1.81. The normalized spacial score (nSPS) is 13.5. The van der Waals surface area contributed by atoms with Gasteiger partial charge in [0.25, 0.3) is 0 Å². The minimum absolute atomic E-state index is 0.575. The average molecular weight is 314 g/mol. The summed E-state index contributed by atoms with van der Waals surface area (Å²) in [5, 5.41) is 0. The maximum Gasteiger partial charge on any atom is 0.179 e. The Morgan fingerprint density at radius 3 is 2.82 bits per heavy atom. The van der Waals surface area contributed by atoms with Crippen LogP contribution < -0.4 is 0 Å². The molecule has 0 aromatic carbocycles. The second kappa shape index (κ2) is 4.90. The Kier molecular flexibility index (Phi) is 3.68. The van der Waals surface area contributed by atoms with Crippen LogP contribution in [0.3, 0.4) is 0 Å². The largest absolute Gasteiger partial charge is 0.329 e. The molecule has 0 aliphatic heterocycles. The Morgan fingerprint density at radius 1 is 1.47 bits per heavy atom. The molecule has 0 aliphatic rings. The molecular weight excluding hydrogens is 298 g/mol. The number of nitrogens with one attached hydrogen (secondary N) is 1. The third-order valence-corrected chi connectivity index (χ3v) is 3.94. The van der Waals surface area contributed by atoms with Crippen LogP contribution in [0.1, 0.15) is 20.8 Å². The van der Waals surface area contributed by atoms with Gasteiger partial charge in [-0.2, -0.15) is 0 Å². The Balaban J connectivity index is 2.47. The fourth-order valence-electron chi connectivity index (χ4n) is 1.69. The van der Waals surface area contributed by atoms with E-state index in [1.54, 1.807) is 0 Å². The van der Waals surface area contributed by atoms with Crippen molar-refractivity contribution in [2.75, 3.05) is 0 Å². The van der Waals surface area contributed by atoms with Crippen molar-refractivity contribution in [3.8, 4) is 0 Å². The van der Waals surface area contributed by atoms with Gasteiger partial charge in [-0.05, 0) is 46.0 Å². The number of aromatic amines is 1. The molecule has 0 amide bonds. The van der Waals surface area contributed by atoms with Gasteiger partial charge in [0.2, 0.25) is 0 Å². The monoisotopic (exact) mass is 313 g/mol. The SMILES string of the molecule is CC(C)C(C)Cn1c(=S)[nH]c2cc(Br)cnc21. The number of halogens is 1. The van der Waals surface area contributed by atoms with Gasteiger partial charge in [-0.15, -0.1) is 0 Å². The Morgan fingerprint density at radius 2 is 2.18 bits per heavy atom. The minimum Gasteiger partial charge on any atom is -0.329 e. The van der Waals surface area contributed by atoms with E-state index in [1.165, 1.54) is 0 Å². The summed E-state index contributed by atoms with van der Waals surface area (Å²) in [5.74, 6) is 1.21. The van der Waals surface area contributed by atoms with Gasteiger partial charge >= 0.3 is 0 Å². The van der Waals surface area contributed by atoms with Crippen molar-refractivity contribution < 1.29 is 0 Å². The van der Waals surface area contributed by atoms with E-state index in [2.05, 4.69) is 51.2 Å². The summed E-state index contributed by atoms with van der Waals surface area (Å²) in [7, 11) is 0. The van der Waals surface area contributed by atoms with Crippen LogP contribution in [0.2, 0.25) is 0 Å². The summed E-state index contributed by atoms with van der Waals surface area (Å²) in [6.45, 7) is 7.61. The van der Waals surface area contributed by atoms with E-state index in [0.717, 1.165) is 27.0 Å². The number of aromatic nitrogens is 3. The Labute approximate surface area is 114 Å². The highest BCUT2D eigenvalue weighted by Crippen LogP contribution is 2.20. The first-order chi connectivity index (χ1) is 7.99. The van der Waals surface area contributed by atoms with E-state index in [4.69, 9.17) is 12.2 Å². The summed E-state index contributed by atoms with van der Waals surface area (Å²) in [6, 6.07) is 2.01. The maximum absolute atomic E-state index is 5.35. The number of rotatable bonds is 3. The summed E-state index contributed by atoms with van der Waals surface area (Å²) in [4.78, 5) is 7.63. The van der Waals surface area contributed by atoms with E-state index in [-0.39, 0.29) is 0 Å². The molecular formula is C12H16BrN3S. The molecule has 1 N–H and O–H groups in total. The van der Waals surface area contributed by atoms with Crippen LogP contribution in [0.25, 0.3) is 11.2 Å². The van der Waals surface area contributed by atoms with E-state index >= 15 is 0 Å². The molecule has 0 radical (unpaired) electrons. The van der Waals surface area contributed by atoms with Crippen LogP contribution in [0.4, 0.5) is 0 Å². The van der Waals surface area contributed by atoms with E-state index < -0.39 is 0 Å². The Hall–Kier alpha value is -0.680. The topological polar surface area (TPSA) is 33.6 Å². The van der Waals surface area contributed by atoms with Crippen LogP contribution in [0, 0.1) is 16.6 Å². The second-order valence-corrected chi connectivity index (χ2v) is 6.09. The quantitative estimate of drug-likeness (QED) is 0.864. The number of hydrogen-bond acceptors (Lipinski definition) is 2. The molecule has 0 saturated heterocycles. The fraction of sp³-hybridized carbons (Fsp3) is 0.500. The van der Waals surface area contributed by atoms with Crippen molar-refractivity contribution in [2.24, 2.45) is 11.8 Å². The average Bonchev–Trinajstić information content (AvgIpc) is 2.54. The number of fused-ring (bicyclic) bond motifs is 1. The molecule has 2 heterocycles. The smallest absolute Gasteiger partial charge is 0.179 e. The number of imidazole rings is 1. The summed E-state index contributed by atoms with van der Waals surface area (Å²) in [5.41, 5.74) is 1.92. The predicted molar refractivity (Wildman–Crippen MR) is 76.6 cm³/mol. The lowest BCUT2D eigenvalue weighted by atomic mass is 9.98. The molecule has 0 spiro atoms. The van der Waals surface area contributed by atoms with Crippen LogP contribution in [-0.2, 0) is 6.54 Å². The molecule has 1 atom stereocenters. The number of pyridine rings is 1. The number of nitrogens with zero attached hydrogens (tertiary/aromatic N) is 2. The minimum atomic E-state index is 0.575. The van der Waals surface area contributed by atoms with Crippen molar-refractivity contribution in [2.45, 2.75) is 27.3 Å². The molecule has 1 unspecified atom stereocenters. The highest BCUT2D eigenvalue weighted by atomic mass is 79.9. The molecule has 0 aliphatic carbocycles. The molecule has 0 fully saturated rings. The van der Waals surface area contributed by atoms with E-state index in [0.29, 0.717) is 11.8 Å². The van der Waals surface area contributed by atoms with Gasteiger partial charge < -0.3 is 9.55 Å². The van der Waals surface area contributed by atoms with Crippen molar-refractivity contribution >= 4 is 39.3 Å². The first-order valence-corrected chi connectivity index (χ1v) is 6.93. The van der Waals surface area contributed by atoms with Gasteiger partial charge in [-0.1, -0.05) is 20.8 Å². The van der Waals surface area contributed by atoms with Crippen LogP contribution in [0.15, 0.2) is 16.7 Å². The zero-order valence-corrected chi connectivity index (χ0v) is 12.6. The van der Waals surface area contributed by atoms with Crippen molar-refractivity contribution in [1.29, 1.82) is 0 Å². The van der Waals surface area contributed by atoms with Gasteiger partial charge in [0.05, 0.1) is 5.52 Å². The number of hydrogen-bond donors (Lipinski definition) is 1. The van der Waals surface area contributed by atoms with Gasteiger partial charge in [-0.25, -0.2) is 4.98 Å². The summed E-state index contributed by atoms with van der Waals surface area (Å²) < 4.78 is 3.80. The number of H-pyrrole nitrogens is 1. The van der Waals surface area contributed by atoms with Gasteiger partial charge in [0, 0.05) is 17.2 Å². The molecule has 5 heteroatoms. The van der Waals surface area contributed by atoms with Gasteiger partial charge in [0.1, 0.15) is 0 Å². The van der Waals surface area contributed by atoms with Crippen LogP contribution in [-0.4, -0.2) is 14.5 Å². The molecule has 3 nitrogen and oxygen atoms in total. The van der Waals surface area contributed by atoms with E-state index in [1.807, 2.05) is 12.3 Å². The molecule has 92 valence electrons. The molecule has 0 saturated carbocycles. The van der Waals surface area contributed by atoms with E-state index in [9.17, 15) is 0 Å². The zero-order valence-electron chi connectivity index (χ0n) is 10.2. The molecule has 0 bridgehead atoms. The second-order valence-electron chi connectivity index (χ2n) is 4.79. The lowest BCUT2D eigenvalue weighted by Crippen LogP contribution is -2.13. The molecule has 2 aromatic rings. The Bertz CT molecular complexity index is 585. The maximum atomic E-state index is 5.35. The first kappa shape index (κ1) is 12.8. The third-order valence-electron chi connectivity index (χ3n) is 3.18.